The second-order valence-electron chi connectivity index (χ2n) is 6.20. The topological polar surface area (TPSA) is 51.5 Å². The van der Waals surface area contributed by atoms with Gasteiger partial charge in [-0.3, -0.25) is 0 Å². The van der Waals surface area contributed by atoms with Gasteiger partial charge in [0.25, 0.3) is 0 Å². The summed E-state index contributed by atoms with van der Waals surface area (Å²) in [7, 11) is 0. The Morgan fingerprint density at radius 1 is 1.23 bits per heavy atom. The fraction of sp³-hybridized carbons (Fsp3) is 0.333. The standard InChI is InChI=1S/C18H17Cl2FN4O/c19-16-13(12-8-4-5-9-26-12)14(21)15-17(23-18(20)24-25(15)16)22-10-11-6-2-1-3-7-11/h1-3,6-7,12H,4-5,8-10H2,(H,22,23,24). The number of halogens is 3. The summed E-state index contributed by atoms with van der Waals surface area (Å²) in [5, 5.41) is 7.37. The molecule has 1 atom stereocenters. The molecule has 4 rings (SSSR count). The van der Waals surface area contributed by atoms with E-state index < -0.39 is 5.82 Å². The van der Waals surface area contributed by atoms with Crippen LogP contribution in [0.4, 0.5) is 10.2 Å². The van der Waals surface area contributed by atoms with E-state index in [1.807, 2.05) is 30.3 Å². The van der Waals surface area contributed by atoms with Crippen LogP contribution < -0.4 is 5.32 Å². The summed E-state index contributed by atoms with van der Waals surface area (Å²) >= 11 is 12.5. The average Bonchev–Trinajstić information content (AvgIpc) is 2.92. The molecule has 5 nitrogen and oxygen atoms in total. The van der Waals surface area contributed by atoms with E-state index in [0.29, 0.717) is 24.5 Å². The minimum atomic E-state index is -0.464. The molecular weight excluding hydrogens is 378 g/mol. The van der Waals surface area contributed by atoms with Gasteiger partial charge in [0, 0.05) is 13.2 Å². The van der Waals surface area contributed by atoms with E-state index in [2.05, 4.69) is 15.4 Å². The number of fused-ring (bicyclic) bond motifs is 1. The number of nitrogens with zero attached hydrogens (tertiary/aromatic N) is 3. The normalized spacial score (nSPS) is 17.6. The lowest BCUT2D eigenvalue weighted by atomic mass is 10.0. The van der Waals surface area contributed by atoms with Crippen LogP contribution in [0.1, 0.15) is 36.5 Å². The summed E-state index contributed by atoms with van der Waals surface area (Å²) in [6, 6.07) is 9.75. The molecule has 1 aliphatic heterocycles. The lowest BCUT2D eigenvalue weighted by Gasteiger charge is -2.22. The van der Waals surface area contributed by atoms with E-state index in [-0.39, 0.29) is 22.1 Å². The van der Waals surface area contributed by atoms with Crippen molar-refractivity contribution in [2.45, 2.75) is 31.9 Å². The third-order valence-corrected chi connectivity index (χ3v) is 5.00. The first-order chi connectivity index (χ1) is 12.6. The fourth-order valence-electron chi connectivity index (χ4n) is 3.22. The monoisotopic (exact) mass is 394 g/mol. The maximum absolute atomic E-state index is 15.2. The van der Waals surface area contributed by atoms with Crippen molar-refractivity contribution in [2.24, 2.45) is 0 Å². The van der Waals surface area contributed by atoms with Gasteiger partial charge in [-0.2, -0.15) is 4.98 Å². The second-order valence-corrected chi connectivity index (χ2v) is 6.90. The van der Waals surface area contributed by atoms with E-state index in [1.54, 1.807) is 0 Å². The van der Waals surface area contributed by atoms with Crippen LogP contribution in [0.2, 0.25) is 10.4 Å². The smallest absolute Gasteiger partial charge is 0.243 e. The number of hydrogen-bond donors (Lipinski definition) is 1. The molecule has 3 heterocycles. The highest BCUT2D eigenvalue weighted by atomic mass is 35.5. The van der Waals surface area contributed by atoms with Crippen molar-refractivity contribution in [3.8, 4) is 0 Å². The predicted molar refractivity (Wildman–Crippen MR) is 99.3 cm³/mol. The Kier molecular flexibility index (Phi) is 4.98. The number of benzene rings is 1. The Hall–Kier alpha value is -1.89. The summed E-state index contributed by atoms with van der Waals surface area (Å²) < 4.78 is 22.3. The highest BCUT2D eigenvalue weighted by Crippen LogP contribution is 2.39. The number of anilines is 1. The molecule has 8 heteroatoms. The molecule has 0 spiro atoms. The van der Waals surface area contributed by atoms with Crippen LogP contribution in [0.3, 0.4) is 0 Å². The van der Waals surface area contributed by atoms with Gasteiger partial charge in [0.2, 0.25) is 5.28 Å². The van der Waals surface area contributed by atoms with Crippen LogP contribution in [0.15, 0.2) is 30.3 Å². The third-order valence-electron chi connectivity index (χ3n) is 4.48. The summed E-state index contributed by atoms with van der Waals surface area (Å²) in [5.41, 5.74) is 1.54. The quantitative estimate of drug-likeness (QED) is 0.673. The molecule has 0 amide bonds. The molecule has 1 unspecified atom stereocenters. The molecule has 0 aliphatic carbocycles. The van der Waals surface area contributed by atoms with E-state index in [9.17, 15) is 0 Å². The maximum Gasteiger partial charge on any atom is 0.243 e. The van der Waals surface area contributed by atoms with Crippen molar-refractivity contribution in [1.82, 2.24) is 14.6 Å². The number of nitrogens with one attached hydrogen (secondary N) is 1. The van der Waals surface area contributed by atoms with Crippen molar-refractivity contribution < 1.29 is 9.13 Å². The van der Waals surface area contributed by atoms with Gasteiger partial charge in [-0.05, 0) is 36.4 Å². The van der Waals surface area contributed by atoms with Gasteiger partial charge in [0.05, 0.1) is 11.7 Å². The highest BCUT2D eigenvalue weighted by molar-refractivity contribution is 6.31. The summed E-state index contributed by atoms with van der Waals surface area (Å²) in [5.74, 6) is -0.163. The van der Waals surface area contributed by atoms with Gasteiger partial charge in [0.15, 0.2) is 11.6 Å². The molecule has 1 fully saturated rings. The SMILES string of the molecule is Fc1c(C2CCCCO2)c(Cl)n2nc(Cl)nc(NCc3ccccc3)c12. The Balaban J connectivity index is 1.75. The Morgan fingerprint density at radius 2 is 2.04 bits per heavy atom. The molecular formula is C18H17Cl2FN4O. The average molecular weight is 395 g/mol. The van der Waals surface area contributed by atoms with Crippen LogP contribution in [-0.4, -0.2) is 21.2 Å². The molecule has 0 saturated carbocycles. The molecule has 136 valence electrons. The van der Waals surface area contributed by atoms with Gasteiger partial charge in [-0.1, -0.05) is 41.9 Å². The molecule has 1 aliphatic rings. The van der Waals surface area contributed by atoms with Crippen molar-refractivity contribution in [1.29, 1.82) is 0 Å². The van der Waals surface area contributed by atoms with Gasteiger partial charge in [-0.25, -0.2) is 8.91 Å². The van der Waals surface area contributed by atoms with Crippen LogP contribution in [0.5, 0.6) is 0 Å². The zero-order chi connectivity index (χ0) is 18.1. The van der Waals surface area contributed by atoms with Gasteiger partial charge >= 0.3 is 0 Å². The van der Waals surface area contributed by atoms with Crippen LogP contribution in [0.25, 0.3) is 5.52 Å². The van der Waals surface area contributed by atoms with Crippen LogP contribution in [0, 0.1) is 5.82 Å². The fourth-order valence-corrected chi connectivity index (χ4v) is 3.71. The van der Waals surface area contributed by atoms with Crippen molar-refractivity contribution in [2.75, 3.05) is 11.9 Å². The van der Waals surface area contributed by atoms with Crippen LogP contribution in [-0.2, 0) is 11.3 Å². The molecule has 1 N–H and O–H groups in total. The van der Waals surface area contributed by atoms with Gasteiger partial charge in [-0.15, -0.1) is 5.10 Å². The zero-order valence-corrected chi connectivity index (χ0v) is 15.4. The molecule has 0 bridgehead atoms. The summed E-state index contributed by atoms with van der Waals surface area (Å²) in [6.07, 6.45) is 2.29. The number of aromatic nitrogens is 3. The first kappa shape index (κ1) is 17.5. The number of ether oxygens (including phenoxy) is 1. The minimum absolute atomic E-state index is 0.0129. The lowest BCUT2D eigenvalue weighted by Crippen LogP contribution is -2.12. The zero-order valence-electron chi connectivity index (χ0n) is 13.9. The third kappa shape index (κ3) is 3.24. The Labute approximate surface area is 160 Å². The minimum Gasteiger partial charge on any atom is -0.373 e. The predicted octanol–water partition coefficient (Wildman–Crippen LogP) is 5.03. The van der Waals surface area contributed by atoms with Crippen molar-refractivity contribution in [3.05, 3.63) is 57.7 Å². The van der Waals surface area contributed by atoms with Gasteiger partial charge < -0.3 is 10.1 Å². The largest absolute Gasteiger partial charge is 0.373 e. The van der Waals surface area contributed by atoms with Gasteiger partial charge in [0.1, 0.15) is 10.7 Å². The summed E-state index contributed by atoms with van der Waals surface area (Å²) in [6.45, 7) is 1.07. The highest BCUT2D eigenvalue weighted by Gasteiger charge is 2.29. The number of rotatable bonds is 4. The summed E-state index contributed by atoms with van der Waals surface area (Å²) in [4.78, 5) is 4.16. The maximum atomic E-state index is 15.2. The van der Waals surface area contributed by atoms with E-state index in [4.69, 9.17) is 27.9 Å². The van der Waals surface area contributed by atoms with E-state index >= 15 is 4.39 Å². The van der Waals surface area contributed by atoms with Crippen LogP contribution >= 0.6 is 23.2 Å². The Morgan fingerprint density at radius 3 is 2.77 bits per heavy atom. The number of hydrogen-bond acceptors (Lipinski definition) is 4. The second kappa shape index (κ2) is 7.39. The first-order valence-corrected chi connectivity index (χ1v) is 9.23. The molecule has 2 aromatic heterocycles. The molecule has 1 saturated heterocycles. The molecule has 1 aromatic carbocycles. The van der Waals surface area contributed by atoms with E-state index in [0.717, 1.165) is 24.8 Å². The molecule has 3 aromatic rings. The van der Waals surface area contributed by atoms with Crippen molar-refractivity contribution >= 4 is 34.5 Å². The van der Waals surface area contributed by atoms with Crippen molar-refractivity contribution in [3.63, 3.8) is 0 Å². The Bertz CT molecular complexity index is 926. The first-order valence-electron chi connectivity index (χ1n) is 8.47. The lowest BCUT2D eigenvalue weighted by molar-refractivity contribution is 0.0131. The van der Waals surface area contributed by atoms with E-state index in [1.165, 1.54) is 4.52 Å². The molecule has 26 heavy (non-hydrogen) atoms. The molecule has 0 radical (unpaired) electrons.